The third-order valence-corrected chi connectivity index (χ3v) is 5.17. The number of nitro benzene ring substituents is 1. The van der Waals surface area contributed by atoms with Gasteiger partial charge in [0, 0.05) is 23.3 Å². The highest BCUT2D eigenvalue weighted by Crippen LogP contribution is 2.29. The van der Waals surface area contributed by atoms with Gasteiger partial charge in [0.25, 0.3) is 5.69 Å². The Balaban J connectivity index is 1.90. The zero-order valence-corrected chi connectivity index (χ0v) is 16.4. The van der Waals surface area contributed by atoms with Crippen LogP contribution in [0.1, 0.15) is 36.6 Å². The van der Waals surface area contributed by atoms with E-state index in [-0.39, 0.29) is 10.6 Å². The predicted molar refractivity (Wildman–Crippen MR) is 110 cm³/mol. The second-order valence-electron chi connectivity index (χ2n) is 6.82. The standard InChI is InChI=1S/C21H22N6O2/c1-3-25(4-2)14-20-24-23-19-13-22-21(15-8-6-5-7-9-15)17-12-16(27(28)29)10-11-18(17)26(19)20/h5-12H,3-4,13-14H2,1-2H3. The molecule has 29 heavy (non-hydrogen) atoms. The van der Waals surface area contributed by atoms with Gasteiger partial charge in [-0.05, 0) is 19.2 Å². The van der Waals surface area contributed by atoms with Gasteiger partial charge in [-0.1, -0.05) is 44.2 Å². The number of benzene rings is 2. The number of non-ortho nitro benzene ring substituents is 1. The van der Waals surface area contributed by atoms with Gasteiger partial charge in [-0.3, -0.25) is 24.6 Å². The molecule has 0 unspecified atom stereocenters. The zero-order valence-electron chi connectivity index (χ0n) is 16.4. The molecule has 0 saturated carbocycles. The van der Waals surface area contributed by atoms with Crippen molar-refractivity contribution >= 4 is 11.4 Å². The summed E-state index contributed by atoms with van der Waals surface area (Å²) in [6.45, 7) is 7.03. The summed E-state index contributed by atoms with van der Waals surface area (Å²) in [6.07, 6.45) is 0. The molecule has 148 valence electrons. The van der Waals surface area contributed by atoms with Gasteiger partial charge >= 0.3 is 0 Å². The van der Waals surface area contributed by atoms with E-state index in [0.29, 0.717) is 18.7 Å². The van der Waals surface area contributed by atoms with Crippen molar-refractivity contribution in [3.8, 4) is 5.69 Å². The topological polar surface area (TPSA) is 89.5 Å². The van der Waals surface area contributed by atoms with E-state index in [0.717, 1.165) is 41.7 Å². The van der Waals surface area contributed by atoms with Gasteiger partial charge in [-0.2, -0.15) is 0 Å². The lowest BCUT2D eigenvalue weighted by atomic mass is 10.00. The lowest BCUT2D eigenvalue weighted by molar-refractivity contribution is -0.384. The molecule has 0 radical (unpaired) electrons. The Hall–Kier alpha value is -3.39. The summed E-state index contributed by atoms with van der Waals surface area (Å²) in [5.74, 6) is 1.54. The number of nitro groups is 1. The number of fused-ring (bicyclic) bond motifs is 3. The van der Waals surface area contributed by atoms with Crippen molar-refractivity contribution in [3.63, 3.8) is 0 Å². The summed E-state index contributed by atoms with van der Waals surface area (Å²) in [5.41, 5.74) is 3.21. The monoisotopic (exact) mass is 390 g/mol. The van der Waals surface area contributed by atoms with E-state index in [1.807, 2.05) is 34.9 Å². The Labute approximate surface area is 168 Å². The Morgan fingerprint density at radius 2 is 1.86 bits per heavy atom. The molecule has 0 spiro atoms. The molecule has 1 aliphatic heterocycles. The zero-order chi connectivity index (χ0) is 20.4. The normalized spacial score (nSPS) is 12.9. The van der Waals surface area contributed by atoms with Crippen molar-refractivity contribution < 1.29 is 4.92 Å². The summed E-state index contributed by atoms with van der Waals surface area (Å²) in [4.78, 5) is 18.1. The lowest BCUT2D eigenvalue weighted by Gasteiger charge is -2.19. The Kier molecular flexibility index (Phi) is 5.18. The minimum Gasteiger partial charge on any atom is -0.296 e. The van der Waals surface area contributed by atoms with Crippen LogP contribution in [0, 0.1) is 10.1 Å². The SMILES string of the molecule is CCN(CC)Cc1nnc2n1-c1ccc([N+](=O)[O-])cc1C(c1ccccc1)=NC2. The van der Waals surface area contributed by atoms with Crippen molar-refractivity contribution in [3.05, 3.63) is 81.4 Å². The van der Waals surface area contributed by atoms with Crippen molar-refractivity contribution in [2.45, 2.75) is 26.9 Å². The Morgan fingerprint density at radius 1 is 1.10 bits per heavy atom. The van der Waals surface area contributed by atoms with Gasteiger partial charge < -0.3 is 0 Å². The minimum atomic E-state index is -0.377. The second-order valence-corrected chi connectivity index (χ2v) is 6.82. The first-order valence-corrected chi connectivity index (χ1v) is 9.67. The van der Waals surface area contributed by atoms with E-state index in [4.69, 9.17) is 4.99 Å². The maximum absolute atomic E-state index is 11.4. The van der Waals surface area contributed by atoms with Crippen LogP contribution in [0.4, 0.5) is 5.69 Å². The van der Waals surface area contributed by atoms with Gasteiger partial charge in [-0.15, -0.1) is 10.2 Å². The molecule has 8 nitrogen and oxygen atoms in total. The highest BCUT2D eigenvalue weighted by atomic mass is 16.6. The Bertz CT molecular complexity index is 1070. The third kappa shape index (κ3) is 3.54. The fraction of sp³-hybridized carbons (Fsp3) is 0.286. The molecule has 1 aromatic heterocycles. The van der Waals surface area contributed by atoms with Crippen molar-refractivity contribution in [2.24, 2.45) is 4.99 Å². The van der Waals surface area contributed by atoms with Gasteiger partial charge in [0.15, 0.2) is 11.6 Å². The smallest absolute Gasteiger partial charge is 0.270 e. The molecular formula is C21H22N6O2. The van der Waals surface area contributed by atoms with Crippen LogP contribution >= 0.6 is 0 Å². The van der Waals surface area contributed by atoms with Crippen LogP contribution < -0.4 is 0 Å². The molecule has 8 heteroatoms. The average molecular weight is 390 g/mol. The lowest BCUT2D eigenvalue weighted by Crippen LogP contribution is -2.24. The number of aliphatic imine (C=N–C) groups is 1. The summed E-state index contributed by atoms with van der Waals surface area (Å²) >= 11 is 0. The molecular weight excluding hydrogens is 368 g/mol. The molecule has 0 N–H and O–H groups in total. The van der Waals surface area contributed by atoms with E-state index < -0.39 is 0 Å². The van der Waals surface area contributed by atoms with Gasteiger partial charge in [-0.25, -0.2) is 0 Å². The predicted octanol–water partition coefficient (Wildman–Crippen LogP) is 3.37. The molecule has 4 rings (SSSR count). The molecule has 3 aromatic rings. The molecule has 0 bridgehead atoms. The summed E-state index contributed by atoms with van der Waals surface area (Å²) in [6, 6.07) is 14.6. The summed E-state index contributed by atoms with van der Waals surface area (Å²) in [5, 5.41) is 20.2. The van der Waals surface area contributed by atoms with E-state index in [9.17, 15) is 10.1 Å². The van der Waals surface area contributed by atoms with Gasteiger partial charge in [0.2, 0.25) is 0 Å². The highest BCUT2D eigenvalue weighted by molar-refractivity contribution is 6.15. The summed E-state index contributed by atoms with van der Waals surface area (Å²) in [7, 11) is 0. The van der Waals surface area contributed by atoms with E-state index >= 15 is 0 Å². The average Bonchev–Trinajstić information content (AvgIpc) is 3.06. The Morgan fingerprint density at radius 3 is 2.55 bits per heavy atom. The van der Waals surface area contributed by atoms with Gasteiger partial charge in [0.05, 0.1) is 22.9 Å². The van der Waals surface area contributed by atoms with Crippen molar-refractivity contribution in [2.75, 3.05) is 13.1 Å². The molecule has 0 fully saturated rings. The van der Waals surface area contributed by atoms with Crippen LogP contribution in [-0.4, -0.2) is 43.4 Å². The molecule has 2 heterocycles. The first-order chi connectivity index (χ1) is 14.1. The second kappa shape index (κ2) is 7.92. The number of nitrogens with zero attached hydrogens (tertiary/aromatic N) is 6. The first kappa shape index (κ1) is 18.9. The molecule has 2 aromatic carbocycles. The quantitative estimate of drug-likeness (QED) is 0.475. The van der Waals surface area contributed by atoms with E-state index in [1.165, 1.54) is 6.07 Å². The van der Waals surface area contributed by atoms with Gasteiger partial charge in [0.1, 0.15) is 6.54 Å². The van der Waals surface area contributed by atoms with E-state index in [1.54, 1.807) is 12.1 Å². The molecule has 0 atom stereocenters. The molecule has 0 amide bonds. The largest absolute Gasteiger partial charge is 0.296 e. The maximum Gasteiger partial charge on any atom is 0.270 e. The number of hydrogen-bond acceptors (Lipinski definition) is 6. The molecule has 0 aliphatic carbocycles. The van der Waals surface area contributed by atoms with Crippen molar-refractivity contribution in [1.82, 2.24) is 19.7 Å². The summed E-state index contributed by atoms with van der Waals surface area (Å²) < 4.78 is 2.00. The molecule has 1 aliphatic rings. The number of hydrogen-bond donors (Lipinski definition) is 0. The third-order valence-electron chi connectivity index (χ3n) is 5.17. The van der Waals surface area contributed by atoms with Crippen LogP contribution in [0.15, 0.2) is 53.5 Å². The van der Waals surface area contributed by atoms with Crippen LogP contribution in [0.2, 0.25) is 0 Å². The maximum atomic E-state index is 11.4. The van der Waals surface area contributed by atoms with Crippen LogP contribution in [0.25, 0.3) is 5.69 Å². The van der Waals surface area contributed by atoms with Crippen LogP contribution in [0.5, 0.6) is 0 Å². The number of rotatable bonds is 6. The van der Waals surface area contributed by atoms with Crippen molar-refractivity contribution in [1.29, 1.82) is 0 Å². The fourth-order valence-corrected chi connectivity index (χ4v) is 3.58. The first-order valence-electron chi connectivity index (χ1n) is 9.67. The van der Waals surface area contributed by atoms with Crippen LogP contribution in [-0.2, 0) is 13.1 Å². The minimum absolute atomic E-state index is 0.0363. The number of aromatic nitrogens is 3. The molecule has 0 saturated heterocycles. The highest BCUT2D eigenvalue weighted by Gasteiger charge is 2.25. The fourth-order valence-electron chi connectivity index (χ4n) is 3.58. The van der Waals surface area contributed by atoms with E-state index in [2.05, 4.69) is 28.9 Å². The van der Waals surface area contributed by atoms with Crippen LogP contribution in [0.3, 0.4) is 0 Å².